The van der Waals surface area contributed by atoms with Crippen LogP contribution in [0.5, 0.6) is 0 Å². The van der Waals surface area contributed by atoms with Crippen LogP contribution in [0, 0.1) is 11.3 Å². The Bertz CT molecular complexity index is 1460. The fourth-order valence-electron chi connectivity index (χ4n) is 5.95. The number of sulfonamides is 1. The van der Waals surface area contributed by atoms with E-state index in [0.717, 1.165) is 5.39 Å². The topological polar surface area (TPSA) is 189 Å². The maximum absolute atomic E-state index is 14.4. The molecule has 0 spiro atoms. The summed E-state index contributed by atoms with van der Waals surface area (Å²) >= 11 is 0. The summed E-state index contributed by atoms with van der Waals surface area (Å²) in [6.45, 7) is 4.57. The van der Waals surface area contributed by atoms with Crippen LogP contribution in [0.1, 0.15) is 52.4 Å². The quantitative estimate of drug-likeness (QED) is 0.161. The zero-order chi connectivity index (χ0) is 30.7. The maximum atomic E-state index is 14.4. The zero-order valence-electron chi connectivity index (χ0n) is 24.0. The molecule has 1 unspecified atom stereocenters. The van der Waals surface area contributed by atoms with Crippen LogP contribution in [0.3, 0.4) is 0 Å². The molecular formula is C29H40N6O6S. The third-order valence-corrected chi connectivity index (χ3v) is 9.65. The van der Waals surface area contributed by atoms with Crippen molar-refractivity contribution in [3.63, 3.8) is 0 Å². The second-order valence-electron chi connectivity index (χ2n) is 11.3. The number of esters is 1. The van der Waals surface area contributed by atoms with E-state index in [9.17, 15) is 22.8 Å². The van der Waals surface area contributed by atoms with Gasteiger partial charge < -0.3 is 26.0 Å². The number of nitrogens with one attached hydrogen (secondary N) is 2. The first kappa shape index (κ1) is 31.2. The number of carbonyl (C=O) groups excluding carboxylic acids is 3. The average Bonchev–Trinajstić information content (AvgIpc) is 3.77. The van der Waals surface area contributed by atoms with Gasteiger partial charge >= 0.3 is 5.97 Å². The second-order valence-corrected chi connectivity index (χ2v) is 13.0. The van der Waals surface area contributed by atoms with E-state index in [4.69, 9.17) is 21.6 Å². The van der Waals surface area contributed by atoms with Crippen molar-refractivity contribution in [1.82, 2.24) is 14.5 Å². The fraction of sp³-hybridized carbons (Fsp3) is 0.517. The van der Waals surface area contributed by atoms with Gasteiger partial charge in [0.15, 0.2) is 5.96 Å². The first-order chi connectivity index (χ1) is 19.9. The second kappa shape index (κ2) is 12.7. The summed E-state index contributed by atoms with van der Waals surface area (Å²) in [6.07, 6.45) is 1.96. The minimum absolute atomic E-state index is 0.0555. The van der Waals surface area contributed by atoms with Crippen molar-refractivity contribution < 1.29 is 27.5 Å². The Morgan fingerprint density at radius 3 is 2.45 bits per heavy atom. The average molecular weight is 601 g/mol. The van der Waals surface area contributed by atoms with Crippen LogP contribution in [0.25, 0.3) is 10.8 Å². The first-order valence-corrected chi connectivity index (χ1v) is 15.7. The molecule has 1 aliphatic carbocycles. The number of guanidine groups is 1. The lowest BCUT2D eigenvalue weighted by Crippen LogP contribution is -2.64. The summed E-state index contributed by atoms with van der Waals surface area (Å²) in [4.78, 5) is 42.7. The van der Waals surface area contributed by atoms with Gasteiger partial charge in [-0.05, 0) is 62.4 Å². The number of fused-ring (bicyclic) bond motifs is 1. The van der Waals surface area contributed by atoms with Gasteiger partial charge in [-0.1, -0.05) is 30.3 Å². The molecule has 0 bridgehead atoms. The van der Waals surface area contributed by atoms with E-state index < -0.39 is 45.8 Å². The molecule has 42 heavy (non-hydrogen) atoms. The molecule has 2 fully saturated rings. The van der Waals surface area contributed by atoms with Crippen LogP contribution < -0.4 is 16.2 Å². The smallest absolute Gasteiger partial charge is 0.308 e. The molecule has 6 N–H and O–H groups in total. The number of hydrogen-bond donors (Lipinski definition) is 4. The zero-order valence-corrected chi connectivity index (χ0v) is 24.9. The van der Waals surface area contributed by atoms with E-state index in [1.165, 1.54) is 12.1 Å². The van der Waals surface area contributed by atoms with E-state index in [1.54, 1.807) is 41.8 Å². The van der Waals surface area contributed by atoms with Gasteiger partial charge in [-0.15, -0.1) is 0 Å². The highest BCUT2D eigenvalue weighted by Gasteiger charge is 2.52. The lowest BCUT2D eigenvalue weighted by Gasteiger charge is -2.50. The van der Waals surface area contributed by atoms with Gasteiger partial charge in [-0.25, -0.2) is 8.42 Å². The Balaban J connectivity index is 1.71. The number of carbonyl (C=O) groups is 3. The lowest BCUT2D eigenvalue weighted by molar-refractivity contribution is -0.154. The first-order valence-electron chi connectivity index (χ1n) is 14.2. The highest BCUT2D eigenvalue weighted by Crippen LogP contribution is 2.42. The number of amides is 2. The molecule has 4 rings (SSSR count). The SMILES string of the molecule is CCOC(=O)CC(C)([C@H]1CCCN(C(=N)N)C1)N(C(=O)[C@H](CC(N)=O)NS(=O)(=O)c1ccc2ccccc2c1)C1CC1. The van der Waals surface area contributed by atoms with Crippen molar-refractivity contribution in [2.24, 2.45) is 17.4 Å². The van der Waals surface area contributed by atoms with E-state index in [2.05, 4.69) is 4.72 Å². The molecule has 228 valence electrons. The Kier molecular flexibility index (Phi) is 9.41. The molecule has 1 heterocycles. The Morgan fingerprint density at radius 2 is 1.83 bits per heavy atom. The monoisotopic (exact) mass is 600 g/mol. The number of hydrogen-bond acceptors (Lipinski definition) is 7. The fourth-order valence-corrected chi connectivity index (χ4v) is 7.18. The molecule has 2 aromatic rings. The van der Waals surface area contributed by atoms with E-state index in [0.29, 0.717) is 44.2 Å². The number of ether oxygens (including phenoxy) is 1. The minimum Gasteiger partial charge on any atom is -0.466 e. The number of rotatable bonds is 12. The van der Waals surface area contributed by atoms with Crippen molar-refractivity contribution in [1.29, 1.82) is 5.41 Å². The summed E-state index contributed by atoms with van der Waals surface area (Å²) in [5.41, 5.74) is 10.2. The largest absolute Gasteiger partial charge is 0.466 e. The molecule has 12 nitrogen and oxygen atoms in total. The normalized spacial score (nSPS) is 19.5. The summed E-state index contributed by atoms with van der Waals surface area (Å²) < 4.78 is 34.9. The summed E-state index contributed by atoms with van der Waals surface area (Å²) in [6, 6.07) is 10.1. The van der Waals surface area contributed by atoms with E-state index >= 15 is 0 Å². The Morgan fingerprint density at radius 1 is 1.14 bits per heavy atom. The standard InChI is InChI=1S/C29H40N6O6S/c1-3-41-26(37)17-29(2,21-9-6-14-34(18-21)28(31)32)35(22-11-12-22)27(38)24(16-25(30)36)33-42(39,40)23-13-10-19-7-4-5-8-20(19)15-23/h4-5,7-8,10,13,15,21-22,24,33H,3,6,9,11-12,14,16-18H2,1-2H3,(H2,30,36)(H3,31,32)/t21-,24-,29?/m0/s1. The number of likely N-dealkylation sites (tertiary alicyclic amines) is 1. The molecule has 3 atom stereocenters. The van der Waals surface area contributed by atoms with Crippen molar-refractivity contribution >= 4 is 44.5 Å². The highest BCUT2D eigenvalue weighted by molar-refractivity contribution is 7.89. The van der Waals surface area contributed by atoms with Gasteiger partial charge in [0, 0.05) is 25.0 Å². The maximum Gasteiger partial charge on any atom is 0.308 e. The summed E-state index contributed by atoms with van der Waals surface area (Å²) in [5.74, 6) is -2.36. The highest BCUT2D eigenvalue weighted by atomic mass is 32.2. The molecule has 0 aromatic heterocycles. The Hall–Kier alpha value is -3.71. The third kappa shape index (κ3) is 7.01. The predicted octanol–water partition coefficient (Wildman–Crippen LogP) is 1.67. The molecule has 2 amide bonds. The van der Waals surface area contributed by atoms with Crippen molar-refractivity contribution in [3.05, 3.63) is 42.5 Å². The number of nitrogens with zero attached hydrogens (tertiary/aromatic N) is 2. The molecule has 1 aliphatic heterocycles. The van der Waals surface area contributed by atoms with Gasteiger partial charge in [0.2, 0.25) is 21.8 Å². The van der Waals surface area contributed by atoms with Crippen LogP contribution in [-0.4, -0.2) is 79.3 Å². The molecule has 2 aromatic carbocycles. The van der Waals surface area contributed by atoms with Crippen molar-refractivity contribution in [2.45, 2.75) is 74.9 Å². The number of primary amides is 1. The molecule has 1 saturated heterocycles. The van der Waals surface area contributed by atoms with Gasteiger partial charge in [0.05, 0.1) is 29.9 Å². The van der Waals surface area contributed by atoms with Crippen LogP contribution >= 0.6 is 0 Å². The van der Waals surface area contributed by atoms with Crippen LogP contribution in [0.15, 0.2) is 47.4 Å². The van der Waals surface area contributed by atoms with Crippen molar-refractivity contribution in [3.8, 4) is 0 Å². The van der Waals surface area contributed by atoms with Gasteiger partial charge in [0.1, 0.15) is 6.04 Å². The number of nitrogens with two attached hydrogens (primary N) is 2. The van der Waals surface area contributed by atoms with E-state index in [1.807, 2.05) is 12.1 Å². The van der Waals surface area contributed by atoms with E-state index in [-0.39, 0.29) is 35.8 Å². The number of piperidine rings is 1. The molecular weight excluding hydrogens is 560 g/mol. The van der Waals surface area contributed by atoms with Crippen molar-refractivity contribution in [2.75, 3.05) is 19.7 Å². The lowest BCUT2D eigenvalue weighted by atomic mass is 9.76. The Labute approximate surface area is 246 Å². The summed E-state index contributed by atoms with van der Waals surface area (Å²) in [7, 11) is -4.25. The van der Waals surface area contributed by atoms with Gasteiger partial charge in [-0.3, -0.25) is 19.8 Å². The van der Waals surface area contributed by atoms with Crippen LogP contribution in [0.4, 0.5) is 0 Å². The predicted molar refractivity (Wildman–Crippen MR) is 158 cm³/mol. The van der Waals surface area contributed by atoms with Crippen LogP contribution in [0.2, 0.25) is 0 Å². The minimum atomic E-state index is -4.25. The molecule has 1 saturated carbocycles. The van der Waals surface area contributed by atoms with Gasteiger partial charge in [0.25, 0.3) is 0 Å². The van der Waals surface area contributed by atoms with Crippen LogP contribution in [-0.2, 0) is 29.1 Å². The summed E-state index contributed by atoms with van der Waals surface area (Å²) in [5, 5.41) is 9.51. The molecule has 2 aliphatic rings. The number of benzene rings is 2. The van der Waals surface area contributed by atoms with Gasteiger partial charge in [-0.2, -0.15) is 4.72 Å². The molecule has 13 heteroatoms. The molecule has 0 radical (unpaired) electrons. The third-order valence-electron chi connectivity index (χ3n) is 8.18.